The summed E-state index contributed by atoms with van der Waals surface area (Å²) in [6.45, 7) is 0.830. The fourth-order valence-electron chi connectivity index (χ4n) is 5.60. The Balaban J connectivity index is 1.30. The van der Waals surface area contributed by atoms with Gasteiger partial charge in [-0.15, -0.1) is 0 Å². The van der Waals surface area contributed by atoms with Crippen molar-refractivity contribution in [3.63, 3.8) is 0 Å². The molecule has 3 aliphatic rings. The minimum Gasteiger partial charge on any atom is -0.454 e. The van der Waals surface area contributed by atoms with Gasteiger partial charge in [0.2, 0.25) is 11.8 Å². The van der Waals surface area contributed by atoms with Crippen molar-refractivity contribution in [2.75, 3.05) is 11.9 Å². The second-order valence-electron chi connectivity index (χ2n) is 9.54. The maximum Gasteiger partial charge on any atom is 0.330 e. The number of ether oxygens (including phenoxy) is 1. The molecule has 2 aromatic carbocycles. The van der Waals surface area contributed by atoms with Crippen LogP contribution < -0.4 is 5.32 Å². The van der Waals surface area contributed by atoms with Crippen LogP contribution in [0.1, 0.15) is 29.3 Å². The molecule has 1 heterocycles. The molecule has 0 aromatic heterocycles. The van der Waals surface area contributed by atoms with E-state index in [9.17, 15) is 24.0 Å². The first kappa shape index (κ1) is 23.7. The van der Waals surface area contributed by atoms with Gasteiger partial charge in [-0.25, -0.2) is 4.79 Å². The van der Waals surface area contributed by atoms with Gasteiger partial charge in [-0.3, -0.25) is 24.1 Å². The van der Waals surface area contributed by atoms with Gasteiger partial charge < -0.3 is 10.1 Å². The van der Waals surface area contributed by atoms with Crippen LogP contribution in [0, 0.1) is 23.7 Å². The monoisotopic (exact) mass is 486 g/mol. The molecule has 5 atom stereocenters. The number of likely N-dealkylation sites (tertiary alicyclic amines) is 1. The third-order valence-corrected chi connectivity index (χ3v) is 7.26. The number of ketones is 1. The number of carbonyl (C=O) groups is 5. The third-order valence-electron chi connectivity index (χ3n) is 7.26. The lowest BCUT2D eigenvalue weighted by Crippen LogP contribution is -2.48. The quantitative estimate of drug-likeness (QED) is 0.266. The van der Waals surface area contributed by atoms with Crippen LogP contribution in [0.15, 0.2) is 66.7 Å². The maximum atomic E-state index is 13.3. The molecule has 2 aromatic rings. The summed E-state index contributed by atoms with van der Waals surface area (Å²) >= 11 is 0. The second kappa shape index (κ2) is 9.53. The molecule has 8 heteroatoms. The molecular formula is C28H26N2O6. The van der Waals surface area contributed by atoms with Crippen LogP contribution in [-0.4, -0.2) is 47.0 Å². The Bertz CT molecular complexity index is 1240. The Kier molecular flexibility index (Phi) is 6.26. The number of hydrogen-bond acceptors (Lipinski definition) is 6. The first-order valence-electron chi connectivity index (χ1n) is 12.0. The molecule has 2 aliphatic carbocycles. The lowest BCUT2D eigenvalue weighted by atomic mass is 9.85. The summed E-state index contributed by atoms with van der Waals surface area (Å²) in [6, 6.07) is 14.3. The van der Waals surface area contributed by atoms with Crippen LogP contribution in [-0.2, 0) is 30.3 Å². The summed E-state index contributed by atoms with van der Waals surface area (Å²) in [5, 5.41) is 2.60. The zero-order chi connectivity index (χ0) is 25.4. The summed E-state index contributed by atoms with van der Waals surface area (Å²) in [6.07, 6.45) is 4.88. The van der Waals surface area contributed by atoms with Crippen molar-refractivity contribution < 1.29 is 28.7 Å². The van der Waals surface area contributed by atoms with Crippen molar-refractivity contribution in [3.8, 4) is 0 Å². The Labute approximate surface area is 208 Å². The number of benzene rings is 2. The van der Waals surface area contributed by atoms with E-state index in [2.05, 4.69) is 5.32 Å². The van der Waals surface area contributed by atoms with E-state index in [-0.39, 0.29) is 35.9 Å². The largest absolute Gasteiger partial charge is 0.454 e. The van der Waals surface area contributed by atoms with Gasteiger partial charge in [-0.2, -0.15) is 0 Å². The van der Waals surface area contributed by atoms with Gasteiger partial charge in [0.05, 0.1) is 11.8 Å². The first-order chi connectivity index (χ1) is 17.3. The molecule has 8 nitrogen and oxygen atoms in total. The molecule has 36 heavy (non-hydrogen) atoms. The third kappa shape index (κ3) is 4.34. The van der Waals surface area contributed by atoms with E-state index in [0.29, 0.717) is 11.3 Å². The molecule has 1 N–H and O–H groups in total. The van der Waals surface area contributed by atoms with Crippen LogP contribution in [0.3, 0.4) is 0 Å². The number of allylic oxidation sites excluding steroid dienone is 2. The van der Waals surface area contributed by atoms with E-state index in [4.69, 9.17) is 4.74 Å². The van der Waals surface area contributed by atoms with Crippen molar-refractivity contribution in [1.29, 1.82) is 0 Å². The molecule has 5 rings (SSSR count). The van der Waals surface area contributed by atoms with E-state index in [0.717, 1.165) is 16.9 Å². The first-order valence-corrected chi connectivity index (χ1v) is 12.0. The minimum absolute atomic E-state index is 0.0198. The van der Waals surface area contributed by atoms with Crippen LogP contribution in [0.2, 0.25) is 0 Å². The molecule has 2 bridgehead atoms. The normalized spacial score (nSPS) is 24.5. The van der Waals surface area contributed by atoms with Crippen LogP contribution >= 0.6 is 0 Å². The molecule has 2 fully saturated rings. The molecule has 184 valence electrons. The number of hydrogen-bond donors (Lipinski definition) is 1. The van der Waals surface area contributed by atoms with Gasteiger partial charge in [0.1, 0.15) is 6.04 Å². The van der Waals surface area contributed by atoms with E-state index >= 15 is 0 Å². The van der Waals surface area contributed by atoms with Gasteiger partial charge in [0.25, 0.3) is 5.91 Å². The van der Waals surface area contributed by atoms with Crippen molar-refractivity contribution in [3.05, 3.63) is 77.9 Å². The molecule has 1 saturated heterocycles. The molecule has 1 saturated carbocycles. The fourth-order valence-corrected chi connectivity index (χ4v) is 5.60. The van der Waals surface area contributed by atoms with Crippen molar-refractivity contribution in [2.45, 2.75) is 25.8 Å². The van der Waals surface area contributed by atoms with Crippen molar-refractivity contribution in [2.24, 2.45) is 23.7 Å². The zero-order valence-corrected chi connectivity index (χ0v) is 19.8. The summed E-state index contributed by atoms with van der Waals surface area (Å²) < 4.78 is 5.31. The number of amides is 3. The van der Waals surface area contributed by atoms with Gasteiger partial charge >= 0.3 is 5.97 Å². The summed E-state index contributed by atoms with van der Waals surface area (Å²) in [5.41, 5.74) is 1.60. The number of carbonyl (C=O) groups excluding carboxylic acids is 5. The summed E-state index contributed by atoms with van der Waals surface area (Å²) in [7, 11) is 0. The topological polar surface area (TPSA) is 110 Å². The number of fused-ring (bicyclic) bond motifs is 5. The Morgan fingerprint density at radius 3 is 2.28 bits per heavy atom. The van der Waals surface area contributed by atoms with Crippen LogP contribution in [0.5, 0.6) is 0 Å². The lowest BCUT2D eigenvalue weighted by molar-refractivity contribution is -0.160. The highest BCUT2D eigenvalue weighted by Gasteiger charge is 2.61. The number of imide groups is 1. The molecule has 0 spiro atoms. The van der Waals surface area contributed by atoms with Crippen LogP contribution in [0.4, 0.5) is 5.69 Å². The molecular weight excluding hydrogens is 460 g/mol. The standard InChI is InChI=1S/C28H26N2O6/c1-16(31)18-8-5-9-21(14-18)29-23(32)15-36-28(35)22(12-17-6-3-2-4-7-17)30-26(33)24-19-10-11-20(13-19)25(24)27(30)34/h2-11,14,19-20,22,24-25H,12-13,15H2,1H3,(H,29,32)/t19-,20-,22-,24-,25-/m0/s1. The summed E-state index contributed by atoms with van der Waals surface area (Å²) in [5.74, 6) is -3.07. The Morgan fingerprint density at radius 1 is 0.972 bits per heavy atom. The Hall–Kier alpha value is -4.07. The Morgan fingerprint density at radius 2 is 1.64 bits per heavy atom. The number of anilines is 1. The number of nitrogens with zero attached hydrogens (tertiary/aromatic N) is 1. The fraction of sp³-hybridized carbons (Fsp3) is 0.321. The minimum atomic E-state index is -1.16. The SMILES string of the molecule is CC(=O)c1cccc(NC(=O)COC(=O)[C@H](Cc2ccccc2)N2C(=O)[C@@H]3[C@@H](C2=O)[C@H]2C=C[C@H]3C2)c1. The molecule has 0 radical (unpaired) electrons. The number of nitrogens with one attached hydrogen (secondary N) is 1. The van der Waals surface area contributed by atoms with Gasteiger partial charge in [-0.1, -0.05) is 54.6 Å². The van der Waals surface area contributed by atoms with E-state index < -0.39 is 36.4 Å². The predicted molar refractivity (Wildman–Crippen MR) is 130 cm³/mol. The zero-order valence-electron chi connectivity index (χ0n) is 19.8. The summed E-state index contributed by atoms with van der Waals surface area (Å²) in [4.78, 5) is 65.0. The number of Topliss-reactive ketones (excluding diaryl/α,β-unsaturated/α-hetero) is 1. The average molecular weight is 487 g/mol. The van der Waals surface area contributed by atoms with Crippen molar-refractivity contribution >= 4 is 35.2 Å². The maximum absolute atomic E-state index is 13.3. The van der Waals surface area contributed by atoms with Gasteiger partial charge in [0.15, 0.2) is 12.4 Å². The smallest absolute Gasteiger partial charge is 0.330 e. The van der Waals surface area contributed by atoms with Crippen LogP contribution in [0.25, 0.3) is 0 Å². The molecule has 3 amide bonds. The highest BCUT2D eigenvalue weighted by Crippen LogP contribution is 2.53. The number of rotatable bonds is 8. The number of esters is 1. The molecule has 0 unspecified atom stereocenters. The highest BCUT2D eigenvalue weighted by atomic mass is 16.5. The highest BCUT2D eigenvalue weighted by molar-refractivity contribution is 6.09. The average Bonchev–Trinajstić information content (AvgIpc) is 3.56. The van der Waals surface area contributed by atoms with Gasteiger partial charge in [-0.05, 0) is 42.9 Å². The van der Waals surface area contributed by atoms with E-state index in [1.165, 1.54) is 13.0 Å². The predicted octanol–water partition coefficient (Wildman–Crippen LogP) is 2.79. The van der Waals surface area contributed by atoms with E-state index in [1.807, 2.05) is 42.5 Å². The van der Waals surface area contributed by atoms with E-state index in [1.54, 1.807) is 18.2 Å². The lowest BCUT2D eigenvalue weighted by Gasteiger charge is -2.26. The van der Waals surface area contributed by atoms with Crippen molar-refractivity contribution in [1.82, 2.24) is 4.90 Å². The van der Waals surface area contributed by atoms with Gasteiger partial charge in [0, 0.05) is 17.7 Å². The second-order valence-corrected chi connectivity index (χ2v) is 9.54. The molecule has 1 aliphatic heterocycles.